The lowest BCUT2D eigenvalue weighted by atomic mass is 10.0. The summed E-state index contributed by atoms with van der Waals surface area (Å²) in [6.45, 7) is 6.94. The summed E-state index contributed by atoms with van der Waals surface area (Å²) in [5.74, 6) is 0.973. The lowest BCUT2D eigenvalue weighted by Crippen LogP contribution is -2.49. The highest BCUT2D eigenvalue weighted by Gasteiger charge is 2.31. The predicted octanol–water partition coefficient (Wildman–Crippen LogP) is 2.17. The zero-order chi connectivity index (χ0) is 13.0. The van der Waals surface area contributed by atoms with Gasteiger partial charge in [0.25, 0.3) is 0 Å². The maximum atomic E-state index is 6.28. The predicted molar refractivity (Wildman–Crippen MR) is 71.3 cm³/mol. The lowest BCUT2D eigenvalue weighted by molar-refractivity contribution is -0.0516. The molecule has 0 spiro atoms. The molecule has 1 aliphatic rings. The van der Waals surface area contributed by atoms with E-state index in [9.17, 15) is 0 Å². The first-order chi connectivity index (χ1) is 8.76. The Bertz CT molecular complexity index is 340. The normalized spacial score (nSPS) is 24.9. The summed E-state index contributed by atoms with van der Waals surface area (Å²) in [7, 11) is 0. The van der Waals surface area contributed by atoms with Gasteiger partial charge in [0.05, 0.1) is 25.0 Å². The van der Waals surface area contributed by atoms with Gasteiger partial charge in [-0.1, -0.05) is 13.8 Å². The Morgan fingerprint density at radius 2 is 2.33 bits per heavy atom. The SMILES string of the molecule is CCC1CN(C(c2ccco2)C(N)CC)CCO1. The molecule has 18 heavy (non-hydrogen) atoms. The molecule has 1 aromatic heterocycles. The third-order valence-electron chi connectivity index (χ3n) is 3.73. The fourth-order valence-electron chi connectivity index (χ4n) is 2.59. The van der Waals surface area contributed by atoms with Crippen LogP contribution in [0.4, 0.5) is 0 Å². The van der Waals surface area contributed by atoms with Crippen LogP contribution >= 0.6 is 0 Å². The molecule has 1 fully saturated rings. The van der Waals surface area contributed by atoms with E-state index in [4.69, 9.17) is 14.9 Å². The smallest absolute Gasteiger partial charge is 0.122 e. The van der Waals surface area contributed by atoms with Crippen molar-refractivity contribution in [1.82, 2.24) is 4.90 Å². The largest absolute Gasteiger partial charge is 0.468 e. The monoisotopic (exact) mass is 252 g/mol. The van der Waals surface area contributed by atoms with Crippen LogP contribution in [-0.2, 0) is 4.74 Å². The van der Waals surface area contributed by atoms with Gasteiger partial charge in [-0.05, 0) is 25.0 Å². The minimum atomic E-state index is 0.103. The number of rotatable bonds is 5. The number of hydrogen-bond acceptors (Lipinski definition) is 4. The number of ether oxygens (including phenoxy) is 1. The summed E-state index contributed by atoms with van der Waals surface area (Å²) in [6.07, 6.45) is 4.03. The van der Waals surface area contributed by atoms with Crippen LogP contribution in [-0.4, -0.2) is 36.7 Å². The Hall–Kier alpha value is -0.840. The molecule has 2 rings (SSSR count). The summed E-state index contributed by atoms with van der Waals surface area (Å²) in [5.41, 5.74) is 6.28. The quantitative estimate of drug-likeness (QED) is 0.872. The van der Waals surface area contributed by atoms with Crippen LogP contribution in [0.3, 0.4) is 0 Å². The highest BCUT2D eigenvalue weighted by atomic mass is 16.5. The minimum Gasteiger partial charge on any atom is -0.468 e. The van der Waals surface area contributed by atoms with Crippen molar-refractivity contribution in [3.05, 3.63) is 24.2 Å². The van der Waals surface area contributed by atoms with Crippen LogP contribution in [0.1, 0.15) is 38.5 Å². The third kappa shape index (κ3) is 2.94. The van der Waals surface area contributed by atoms with Gasteiger partial charge in [-0.2, -0.15) is 0 Å². The first-order valence-electron chi connectivity index (χ1n) is 6.90. The maximum Gasteiger partial charge on any atom is 0.122 e. The molecule has 1 saturated heterocycles. The molecule has 4 nitrogen and oxygen atoms in total. The Balaban J connectivity index is 2.13. The summed E-state index contributed by atoms with van der Waals surface area (Å²) in [5, 5.41) is 0. The van der Waals surface area contributed by atoms with Crippen molar-refractivity contribution in [2.24, 2.45) is 5.73 Å². The molecule has 3 unspecified atom stereocenters. The van der Waals surface area contributed by atoms with E-state index in [2.05, 4.69) is 18.7 Å². The van der Waals surface area contributed by atoms with E-state index >= 15 is 0 Å². The van der Waals surface area contributed by atoms with Gasteiger partial charge in [0, 0.05) is 19.1 Å². The van der Waals surface area contributed by atoms with Crippen molar-refractivity contribution in [3.63, 3.8) is 0 Å². The molecule has 102 valence electrons. The molecule has 2 N–H and O–H groups in total. The topological polar surface area (TPSA) is 51.6 Å². The maximum absolute atomic E-state index is 6.28. The van der Waals surface area contributed by atoms with E-state index in [0.29, 0.717) is 6.10 Å². The van der Waals surface area contributed by atoms with Gasteiger partial charge in [-0.25, -0.2) is 0 Å². The second-order valence-corrected chi connectivity index (χ2v) is 4.93. The third-order valence-corrected chi connectivity index (χ3v) is 3.73. The molecule has 0 saturated carbocycles. The van der Waals surface area contributed by atoms with Gasteiger partial charge >= 0.3 is 0 Å². The number of furan rings is 1. The second kappa shape index (κ2) is 6.36. The van der Waals surface area contributed by atoms with Crippen LogP contribution in [0, 0.1) is 0 Å². The lowest BCUT2D eigenvalue weighted by Gasteiger charge is -2.39. The van der Waals surface area contributed by atoms with Gasteiger partial charge < -0.3 is 14.9 Å². The van der Waals surface area contributed by atoms with Gasteiger partial charge in [0.2, 0.25) is 0 Å². The molecule has 0 aromatic carbocycles. The Morgan fingerprint density at radius 3 is 2.94 bits per heavy atom. The summed E-state index contributed by atoms with van der Waals surface area (Å²) >= 11 is 0. The number of hydrogen-bond donors (Lipinski definition) is 1. The molecule has 0 radical (unpaired) electrons. The molecular formula is C14H24N2O2. The molecule has 0 bridgehead atoms. The average Bonchev–Trinajstić information content (AvgIpc) is 2.93. The first kappa shape index (κ1) is 13.6. The fraction of sp³-hybridized carbons (Fsp3) is 0.714. The molecular weight excluding hydrogens is 228 g/mol. The van der Waals surface area contributed by atoms with E-state index in [1.165, 1.54) is 0 Å². The van der Waals surface area contributed by atoms with E-state index in [1.807, 2.05) is 12.1 Å². The van der Waals surface area contributed by atoms with E-state index in [1.54, 1.807) is 6.26 Å². The van der Waals surface area contributed by atoms with Crippen LogP contribution in [0.5, 0.6) is 0 Å². The average molecular weight is 252 g/mol. The van der Waals surface area contributed by atoms with E-state index < -0.39 is 0 Å². The van der Waals surface area contributed by atoms with Gasteiger partial charge in [0.15, 0.2) is 0 Å². The number of nitrogens with zero attached hydrogens (tertiary/aromatic N) is 1. The van der Waals surface area contributed by atoms with Crippen molar-refractivity contribution in [3.8, 4) is 0 Å². The molecule has 4 heteroatoms. The highest BCUT2D eigenvalue weighted by Crippen LogP contribution is 2.27. The first-order valence-corrected chi connectivity index (χ1v) is 6.90. The molecule has 3 atom stereocenters. The molecule has 0 aliphatic carbocycles. The zero-order valence-corrected chi connectivity index (χ0v) is 11.3. The summed E-state index contributed by atoms with van der Waals surface area (Å²) < 4.78 is 11.3. The van der Waals surface area contributed by atoms with Crippen molar-refractivity contribution in [1.29, 1.82) is 0 Å². The van der Waals surface area contributed by atoms with Gasteiger partial charge in [0.1, 0.15) is 5.76 Å². The van der Waals surface area contributed by atoms with Gasteiger partial charge in [-0.3, -0.25) is 4.90 Å². The van der Waals surface area contributed by atoms with Crippen molar-refractivity contribution in [2.75, 3.05) is 19.7 Å². The Kier molecular flexibility index (Phi) is 4.80. The summed E-state index contributed by atoms with van der Waals surface area (Å²) in [4.78, 5) is 2.41. The zero-order valence-electron chi connectivity index (χ0n) is 11.3. The van der Waals surface area contributed by atoms with Crippen molar-refractivity contribution >= 4 is 0 Å². The Labute approximate surface area is 109 Å². The van der Waals surface area contributed by atoms with E-state index in [-0.39, 0.29) is 12.1 Å². The van der Waals surface area contributed by atoms with E-state index in [0.717, 1.165) is 38.3 Å². The fourth-order valence-corrected chi connectivity index (χ4v) is 2.59. The second-order valence-electron chi connectivity index (χ2n) is 4.93. The van der Waals surface area contributed by atoms with Crippen LogP contribution in [0.25, 0.3) is 0 Å². The Morgan fingerprint density at radius 1 is 1.50 bits per heavy atom. The minimum absolute atomic E-state index is 0.103. The van der Waals surface area contributed by atoms with Crippen LogP contribution in [0.15, 0.2) is 22.8 Å². The highest BCUT2D eigenvalue weighted by molar-refractivity contribution is 5.08. The van der Waals surface area contributed by atoms with Crippen LogP contribution < -0.4 is 5.73 Å². The standard InChI is InChI=1S/C14H24N2O2/c1-3-11-10-16(7-9-17-11)14(12(15)4-2)13-6-5-8-18-13/h5-6,8,11-12,14H,3-4,7,9-10,15H2,1-2H3. The number of morpholine rings is 1. The van der Waals surface area contributed by atoms with Crippen LogP contribution in [0.2, 0.25) is 0 Å². The molecule has 1 aromatic rings. The van der Waals surface area contributed by atoms with Crippen molar-refractivity contribution in [2.45, 2.75) is 44.9 Å². The molecule has 1 aliphatic heterocycles. The van der Waals surface area contributed by atoms with Gasteiger partial charge in [-0.15, -0.1) is 0 Å². The van der Waals surface area contributed by atoms with Crippen molar-refractivity contribution < 1.29 is 9.15 Å². The summed E-state index contributed by atoms with van der Waals surface area (Å²) in [6, 6.07) is 4.23. The number of nitrogens with two attached hydrogens (primary N) is 1. The molecule has 2 heterocycles. The molecule has 0 amide bonds.